The van der Waals surface area contributed by atoms with Crippen molar-refractivity contribution < 1.29 is 4.39 Å². The molecule has 0 spiro atoms. The van der Waals surface area contributed by atoms with Gasteiger partial charge in [0.15, 0.2) is 0 Å². The number of nitrogens with one attached hydrogen (secondary N) is 1. The molecule has 20 heavy (non-hydrogen) atoms. The van der Waals surface area contributed by atoms with Gasteiger partial charge in [0.05, 0.1) is 0 Å². The molecule has 0 bridgehead atoms. The zero-order valence-corrected chi connectivity index (χ0v) is 11.6. The summed E-state index contributed by atoms with van der Waals surface area (Å²) in [5.74, 6) is 5.40. The first-order chi connectivity index (χ1) is 9.78. The Morgan fingerprint density at radius 1 is 1.00 bits per heavy atom. The molecule has 0 amide bonds. The zero-order valence-electron chi connectivity index (χ0n) is 11.6. The molecule has 0 fully saturated rings. The number of rotatable bonds is 7. The van der Waals surface area contributed by atoms with Crippen LogP contribution in [0.25, 0.3) is 0 Å². The van der Waals surface area contributed by atoms with Crippen molar-refractivity contribution in [2.75, 3.05) is 0 Å². The van der Waals surface area contributed by atoms with Gasteiger partial charge in [0.1, 0.15) is 5.82 Å². The van der Waals surface area contributed by atoms with Gasteiger partial charge < -0.3 is 0 Å². The molecule has 2 rings (SSSR count). The maximum atomic E-state index is 13.1. The van der Waals surface area contributed by atoms with Crippen LogP contribution in [0.2, 0.25) is 0 Å². The first-order valence-corrected chi connectivity index (χ1v) is 7.02. The van der Waals surface area contributed by atoms with Crippen molar-refractivity contribution >= 4 is 0 Å². The lowest BCUT2D eigenvalue weighted by atomic mass is 9.99. The number of hydrogen-bond acceptors (Lipinski definition) is 2. The molecule has 106 valence electrons. The van der Waals surface area contributed by atoms with Crippen LogP contribution in [0.3, 0.4) is 0 Å². The van der Waals surface area contributed by atoms with E-state index in [2.05, 4.69) is 29.7 Å². The van der Waals surface area contributed by atoms with E-state index in [1.807, 2.05) is 12.1 Å². The third-order valence-electron chi connectivity index (χ3n) is 3.47. The summed E-state index contributed by atoms with van der Waals surface area (Å²) in [4.78, 5) is 0. The van der Waals surface area contributed by atoms with E-state index in [0.29, 0.717) is 0 Å². The second-order valence-corrected chi connectivity index (χ2v) is 5.08. The van der Waals surface area contributed by atoms with Gasteiger partial charge in [-0.15, -0.1) is 0 Å². The highest BCUT2D eigenvalue weighted by Crippen LogP contribution is 2.11. The number of halogens is 1. The average molecular weight is 272 g/mol. The van der Waals surface area contributed by atoms with Crippen LogP contribution in [-0.4, -0.2) is 6.04 Å². The average Bonchev–Trinajstić information content (AvgIpc) is 2.47. The normalized spacial score (nSPS) is 12.3. The molecule has 0 aliphatic rings. The fourth-order valence-corrected chi connectivity index (χ4v) is 2.39. The summed E-state index contributed by atoms with van der Waals surface area (Å²) < 4.78 is 13.1. The van der Waals surface area contributed by atoms with Gasteiger partial charge in [-0.1, -0.05) is 42.5 Å². The molecule has 0 saturated carbocycles. The van der Waals surface area contributed by atoms with Gasteiger partial charge in [-0.25, -0.2) is 4.39 Å². The third-order valence-corrected chi connectivity index (χ3v) is 3.47. The Morgan fingerprint density at radius 3 is 2.45 bits per heavy atom. The molecule has 2 aromatic rings. The topological polar surface area (TPSA) is 38.0 Å². The number of nitrogens with two attached hydrogens (primary N) is 1. The number of benzene rings is 2. The molecule has 3 heteroatoms. The summed E-state index contributed by atoms with van der Waals surface area (Å²) in [5, 5.41) is 0. The van der Waals surface area contributed by atoms with Gasteiger partial charge in [-0.05, 0) is 48.9 Å². The van der Waals surface area contributed by atoms with Gasteiger partial charge in [-0.3, -0.25) is 11.3 Å². The van der Waals surface area contributed by atoms with Crippen molar-refractivity contribution in [3.05, 3.63) is 71.5 Å². The van der Waals surface area contributed by atoms with Crippen molar-refractivity contribution in [3.8, 4) is 0 Å². The summed E-state index contributed by atoms with van der Waals surface area (Å²) in [6.45, 7) is 0. The van der Waals surface area contributed by atoms with Crippen LogP contribution in [0.15, 0.2) is 54.6 Å². The van der Waals surface area contributed by atoms with Crippen LogP contribution < -0.4 is 11.3 Å². The fraction of sp³-hybridized carbons (Fsp3) is 0.294. The van der Waals surface area contributed by atoms with E-state index in [4.69, 9.17) is 5.84 Å². The van der Waals surface area contributed by atoms with Crippen molar-refractivity contribution in [2.24, 2.45) is 5.84 Å². The van der Waals surface area contributed by atoms with Crippen LogP contribution in [0.1, 0.15) is 24.0 Å². The molecule has 2 aromatic carbocycles. The Morgan fingerprint density at radius 2 is 1.75 bits per heavy atom. The molecule has 0 aliphatic heterocycles. The fourth-order valence-electron chi connectivity index (χ4n) is 2.39. The second-order valence-electron chi connectivity index (χ2n) is 5.08. The number of hydrazine groups is 1. The summed E-state index contributed by atoms with van der Waals surface area (Å²) >= 11 is 0. The van der Waals surface area contributed by atoms with E-state index in [1.165, 1.54) is 11.6 Å². The van der Waals surface area contributed by atoms with Crippen LogP contribution in [0.5, 0.6) is 0 Å². The summed E-state index contributed by atoms with van der Waals surface area (Å²) in [6, 6.07) is 17.3. The molecule has 0 heterocycles. The SMILES string of the molecule is NNC(CCCc1ccccc1)Cc1cccc(F)c1. The van der Waals surface area contributed by atoms with Crippen LogP contribution in [0.4, 0.5) is 4.39 Å². The van der Waals surface area contributed by atoms with Gasteiger partial charge >= 0.3 is 0 Å². The molecule has 0 aromatic heterocycles. The van der Waals surface area contributed by atoms with E-state index in [0.717, 1.165) is 31.2 Å². The Balaban J connectivity index is 1.80. The predicted octanol–water partition coefficient (Wildman–Crippen LogP) is 3.22. The predicted molar refractivity (Wildman–Crippen MR) is 80.6 cm³/mol. The van der Waals surface area contributed by atoms with E-state index in [9.17, 15) is 4.39 Å². The van der Waals surface area contributed by atoms with Gasteiger partial charge in [0, 0.05) is 6.04 Å². The van der Waals surface area contributed by atoms with Crippen molar-refractivity contribution in [1.29, 1.82) is 0 Å². The Kier molecular flexibility index (Phi) is 5.71. The van der Waals surface area contributed by atoms with Crippen LogP contribution in [0, 0.1) is 5.82 Å². The quantitative estimate of drug-likeness (QED) is 0.600. The van der Waals surface area contributed by atoms with E-state index >= 15 is 0 Å². The van der Waals surface area contributed by atoms with E-state index in [-0.39, 0.29) is 11.9 Å². The van der Waals surface area contributed by atoms with Crippen LogP contribution in [-0.2, 0) is 12.8 Å². The van der Waals surface area contributed by atoms with Crippen LogP contribution >= 0.6 is 0 Å². The number of aryl methyl sites for hydroxylation is 1. The van der Waals surface area contributed by atoms with Crippen molar-refractivity contribution in [2.45, 2.75) is 31.7 Å². The zero-order chi connectivity index (χ0) is 14.2. The molecule has 1 atom stereocenters. The highest BCUT2D eigenvalue weighted by atomic mass is 19.1. The lowest BCUT2D eigenvalue weighted by Gasteiger charge is -2.16. The lowest BCUT2D eigenvalue weighted by molar-refractivity contribution is 0.475. The first kappa shape index (κ1) is 14.7. The summed E-state index contributed by atoms with van der Waals surface area (Å²) in [7, 11) is 0. The monoisotopic (exact) mass is 272 g/mol. The minimum absolute atomic E-state index is 0.181. The molecular weight excluding hydrogens is 251 g/mol. The highest BCUT2D eigenvalue weighted by molar-refractivity contribution is 5.17. The highest BCUT2D eigenvalue weighted by Gasteiger charge is 2.08. The van der Waals surface area contributed by atoms with E-state index < -0.39 is 0 Å². The number of hydrogen-bond donors (Lipinski definition) is 2. The Bertz CT molecular complexity index is 513. The maximum absolute atomic E-state index is 13.1. The summed E-state index contributed by atoms with van der Waals surface area (Å²) in [6.07, 6.45) is 3.83. The lowest BCUT2D eigenvalue weighted by Crippen LogP contribution is -2.36. The second kappa shape index (κ2) is 7.78. The summed E-state index contributed by atoms with van der Waals surface area (Å²) in [5.41, 5.74) is 5.15. The molecular formula is C17H21FN2. The molecule has 2 nitrogen and oxygen atoms in total. The van der Waals surface area contributed by atoms with Crippen molar-refractivity contribution in [3.63, 3.8) is 0 Å². The largest absolute Gasteiger partial charge is 0.271 e. The van der Waals surface area contributed by atoms with E-state index in [1.54, 1.807) is 12.1 Å². The molecule has 0 radical (unpaired) electrons. The molecule has 0 aliphatic carbocycles. The third kappa shape index (κ3) is 4.76. The van der Waals surface area contributed by atoms with Gasteiger partial charge in [0.2, 0.25) is 0 Å². The molecule has 3 N–H and O–H groups in total. The maximum Gasteiger partial charge on any atom is 0.123 e. The smallest absolute Gasteiger partial charge is 0.123 e. The minimum Gasteiger partial charge on any atom is -0.271 e. The molecule has 1 unspecified atom stereocenters. The standard InChI is InChI=1S/C17H21FN2/c18-16-10-4-9-15(12-16)13-17(20-19)11-5-8-14-6-2-1-3-7-14/h1-4,6-7,9-10,12,17,20H,5,8,11,13,19H2. The Labute approximate surface area is 119 Å². The van der Waals surface area contributed by atoms with Crippen molar-refractivity contribution in [1.82, 2.24) is 5.43 Å². The Hall–Kier alpha value is -1.71. The molecule has 0 saturated heterocycles. The van der Waals surface area contributed by atoms with Gasteiger partial charge in [0.25, 0.3) is 0 Å². The van der Waals surface area contributed by atoms with Gasteiger partial charge in [-0.2, -0.15) is 0 Å². The minimum atomic E-state index is -0.192. The first-order valence-electron chi connectivity index (χ1n) is 7.02.